The smallest absolute Gasteiger partial charge is 0.316 e. The Labute approximate surface area is 173 Å². The summed E-state index contributed by atoms with van der Waals surface area (Å²) in [6.45, 7) is 1.44. The third kappa shape index (κ3) is 3.79. The molecule has 0 bridgehead atoms. The molecule has 9 nitrogen and oxygen atoms in total. The van der Waals surface area contributed by atoms with Crippen molar-refractivity contribution in [2.75, 3.05) is 37.8 Å². The number of anilines is 2. The van der Waals surface area contributed by atoms with E-state index in [1.807, 2.05) is 19.0 Å². The van der Waals surface area contributed by atoms with Crippen LogP contribution in [0.15, 0.2) is 30.5 Å². The Morgan fingerprint density at radius 1 is 1.30 bits per heavy atom. The molecular formula is C21H24N6O3. The zero-order valence-electron chi connectivity index (χ0n) is 16.9. The third-order valence-corrected chi connectivity index (χ3v) is 5.50. The molecule has 1 fully saturated rings. The van der Waals surface area contributed by atoms with Crippen molar-refractivity contribution in [1.29, 1.82) is 0 Å². The lowest BCUT2D eigenvalue weighted by molar-refractivity contribution is -0.110. The SMILES string of the molecule is CN(C)C1CCN(C(=O)c2c[nH]c(/C=C3\C(=O)Nc4ccc(NC(N)=O)cc43)c2)C1. The molecule has 0 spiro atoms. The largest absolute Gasteiger partial charge is 0.361 e. The van der Waals surface area contributed by atoms with Crippen LogP contribution in [0.2, 0.25) is 0 Å². The highest BCUT2D eigenvalue weighted by Gasteiger charge is 2.29. The second-order valence-corrected chi connectivity index (χ2v) is 7.76. The van der Waals surface area contributed by atoms with Gasteiger partial charge in [-0.25, -0.2) is 4.79 Å². The minimum atomic E-state index is -0.677. The van der Waals surface area contributed by atoms with Crippen LogP contribution in [0.3, 0.4) is 0 Å². The number of amides is 4. The number of nitrogens with zero attached hydrogens (tertiary/aromatic N) is 2. The van der Waals surface area contributed by atoms with Crippen molar-refractivity contribution < 1.29 is 14.4 Å². The number of likely N-dealkylation sites (tertiary alicyclic amines) is 1. The van der Waals surface area contributed by atoms with E-state index in [1.165, 1.54) is 0 Å². The molecule has 2 aromatic rings. The molecule has 3 heterocycles. The number of primary amides is 1. The molecule has 156 valence electrons. The summed E-state index contributed by atoms with van der Waals surface area (Å²) >= 11 is 0. The van der Waals surface area contributed by atoms with E-state index in [1.54, 1.807) is 36.5 Å². The van der Waals surface area contributed by atoms with Gasteiger partial charge in [0.05, 0.1) is 11.1 Å². The van der Waals surface area contributed by atoms with Crippen LogP contribution < -0.4 is 16.4 Å². The number of nitrogens with one attached hydrogen (secondary N) is 3. The van der Waals surface area contributed by atoms with Gasteiger partial charge in [0.2, 0.25) is 0 Å². The molecule has 30 heavy (non-hydrogen) atoms. The van der Waals surface area contributed by atoms with Crippen LogP contribution in [0, 0.1) is 0 Å². The molecule has 1 aromatic heterocycles. The number of rotatable bonds is 4. The molecule has 0 aliphatic carbocycles. The minimum Gasteiger partial charge on any atom is -0.361 e. The fraction of sp³-hybridized carbons (Fsp3) is 0.286. The number of hydrogen-bond donors (Lipinski definition) is 4. The van der Waals surface area contributed by atoms with Crippen molar-refractivity contribution in [2.45, 2.75) is 12.5 Å². The van der Waals surface area contributed by atoms with Gasteiger partial charge < -0.3 is 31.2 Å². The molecule has 0 saturated carbocycles. The van der Waals surface area contributed by atoms with Crippen LogP contribution in [0.5, 0.6) is 0 Å². The molecule has 1 unspecified atom stereocenters. The van der Waals surface area contributed by atoms with Crippen LogP contribution in [0.1, 0.15) is 28.0 Å². The number of aromatic amines is 1. The van der Waals surface area contributed by atoms with E-state index in [0.29, 0.717) is 46.4 Å². The first-order valence-corrected chi connectivity index (χ1v) is 9.70. The van der Waals surface area contributed by atoms with Gasteiger partial charge >= 0.3 is 6.03 Å². The Bertz CT molecular complexity index is 1050. The maximum absolute atomic E-state index is 12.8. The van der Waals surface area contributed by atoms with Crippen molar-refractivity contribution in [3.63, 3.8) is 0 Å². The number of H-pyrrole nitrogens is 1. The van der Waals surface area contributed by atoms with Crippen LogP contribution in [0.4, 0.5) is 16.2 Å². The molecule has 2 aliphatic rings. The monoisotopic (exact) mass is 408 g/mol. The van der Waals surface area contributed by atoms with Crippen molar-refractivity contribution >= 4 is 40.9 Å². The van der Waals surface area contributed by atoms with Gasteiger partial charge in [-0.2, -0.15) is 0 Å². The maximum Gasteiger partial charge on any atom is 0.316 e. The number of aromatic nitrogens is 1. The van der Waals surface area contributed by atoms with Gasteiger partial charge in [-0.05, 0) is 50.9 Å². The molecule has 1 saturated heterocycles. The minimum absolute atomic E-state index is 0.0236. The summed E-state index contributed by atoms with van der Waals surface area (Å²) in [5, 5.41) is 5.30. The van der Waals surface area contributed by atoms with Crippen molar-refractivity contribution in [3.8, 4) is 0 Å². The average Bonchev–Trinajstić information content (AvgIpc) is 3.41. The fourth-order valence-electron chi connectivity index (χ4n) is 3.86. The molecule has 2 aliphatic heterocycles. The molecule has 0 radical (unpaired) electrons. The second kappa shape index (κ2) is 7.68. The van der Waals surface area contributed by atoms with Crippen LogP contribution in [-0.2, 0) is 4.79 Å². The predicted octanol–water partition coefficient (Wildman–Crippen LogP) is 1.77. The van der Waals surface area contributed by atoms with E-state index < -0.39 is 6.03 Å². The lowest BCUT2D eigenvalue weighted by atomic mass is 10.0. The maximum atomic E-state index is 12.8. The van der Waals surface area contributed by atoms with E-state index in [4.69, 9.17) is 5.73 Å². The summed E-state index contributed by atoms with van der Waals surface area (Å²) in [7, 11) is 4.04. The highest BCUT2D eigenvalue weighted by molar-refractivity contribution is 6.35. The van der Waals surface area contributed by atoms with Gasteiger partial charge in [0.15, 0.2) is 0 Å². The van der Waals surface area contributed by atoms with Crippen LogP contribution >= 0.6 is 0 Å². The number of likely N-dealkylation sites (N-methyl/N-ethyl adjacent to an activating group) is 1. The quantitative estimate of drug-likeness (QED) is 0.576. The Morgan fingerprint density at radius 3 is 2.80 bits per heavy atom. The lowest BCUT2D eigenvalue weighted by Crippen LogP contribution is -2.34. The number of fused-ring (bicyclic) bond motifs is 1. The Hall–Kier alpha value is -3.59. The summed E-state index contributed by atoms with van der Waals surface area (Å²) in [6, 6.07) is 6.49. The topological polar surface area (TPSA) is 124 Å². The van der Waals surface area contributed by atoms with Gasteiger partial charge in [0, 0.05) is 48.0 Å². The van der Waals surface area contributed by atoms with Crippen molar-refractivity contribution in [1.82, 2.24) is 14.8 Å². The van der Waals surface area contributed by atoms with E-state index in [-0.39, 0.29) is 11.8 Å². The van der Waals surface area contributed by atoms with Crippen LogP contribution in [-0.4, -0.2) is 65.9 Å². The Morgan fingerprint density at radius 2 is 2.10 bits per heavy atom. The number of carbonyl (C=O) groups excluding carboxylic acids is 3. The average molecular weight is 408 g/mol. The second-order valence-electron chi connectivity index (χ2n) is 7.76. The highest BCUT2D eigenvalue weighted by atomic mass is 16.2. The molecular weight excluding hydrogens is 384 g/mol. The summed E-state index contributed by atoms with van der Waals surface area (Å²) in [6.07, 6.45) is 4.31. The first-order chi connectivity index (χ1) is 14.3. The Kier molecular flexibility index (Phi) is 5.04. The summed E-state index contributed by atoms with van der Waals surface area (Å²) in [5.74, 6) is -0.276. The van der Waals surface area contributed by atoms with Gasteiger partial charge in [0.25, 0.3) is 11.8 Å². The van der Waals surface area contributed by atoms with Crippen molar-refractivity contribution in [2.24, 2.45) is 5.73 Å². The number of hydrogen-bond acceptors (Lipinski definition) is 4. The van der Waals surface area contributed by atoms with E-state index in [0.717, 1.165) is 13.0 Å². The first-order valence-electron chi connectivity index (χ1n) is 9.70. The standard InChI is InChI=1S/C21H24N6O3/c1-26(2)15-5-6-27(11-15)20(29)12-7-14(23-10-12)9-17-16-8-13(24-21(22)30)3-4-18(16)25-19(17)28/h3-4,7-10,15,23H,5-6,11H2,1-2H3,(H,25,28)(H3,22,24,30)/b17-9-. The van der Waals surface area contributed by atoms with Crippen LogP contribution in [0.25, 0.3) is 11.6 Å². The molecule has 9 heteroatoms. The van der Waals surface area contributed by atoms with E-state index >= 15 is 0 Å². The van der Waals surface area contributed by atoms with Gasteiger partial charge in [-0.15, -0.1) is 0 Å². The zero-order valence-corrected chi connectivity index (χ0v) is 16.9. The molecule has 1 aromatic carbocycles. The number of benzene rings is 1. The Balaban J connectivity index is 1.56. The summed E-state index contributed by atoms with van der Waals surface area (Å²) in [4.78, 5) is 43.4. The number of urea groups is 1. The van der Waals surface area contributed by atoms with Gasteiger partial charge in [-0.3, -0.25) is 9.59 Å². The molecule has 4 rings (SSSR count). The van der Waals surface area contributed by atoms with Crippen molar-refractivity contribution in [3.05, 3.63) is 47.3 Å². The molecule has 4 amide bonds. The highest BCUT2D eigenvalue weighted by Crippen LogP contribution is 2.35. The summed E-state index contributed by atoms with van der Waals surface area (Å²) in [5.41, 5.74) is 8.62. The van der Waals surface area contributed by atoms with Gasteiger partial charge in [0.1, 0.15) is 0 Å². The van der Waals surface area contributed by atoms with E-state index in [9.17, 15) is 14.4 Å². The van der Waals surface area contributed by atoms with Gasteiger partial charge in [-0.1, -0.05) is 0 Å². The molecule has 1 atom stereocenters. The number of nitrogens with two attached hydrogens (primary N) is 1. The normalized spacial score (nSPS) is 19.3. The van der Waals surface area contributed by atoms with E-state index in [2.05, 4.69) is 20.5 Å². The number of carbonyl (C=O) groups is 3. The molecule has 5 N–H and O–H groups in total. The fourth-order valence-corrected chi connectivity index (χ4v) is 3.86. The lowest BCUT2D eigenvalue weighted by Gasteiger charge is -2.20. The third-order valence-electron chi connectivity index (χ3n) is 5.50. The predicted molar refractivity (Wildman–Crippen MR) is 115 cm³/mol. The first kappa shape index (κ1) is 19.7. The summed E-state index contributed by atoms with van der Waals surface area (Å²) < 4.78 is 0. The zero-order chi connectivity index (χ0) is 21.4.